The van der Waals surface area contributed by atoms with Gasteiger partial charge in [-0.2, -0.15) is 0 Å². The van der Waals surface area contributed by atoms with Crippen LogP contribution in [0.15, 0.2) is 12.1 Å². The van der Waals surface area contributed by atoms with Gasteiger partial charge in [-0.05, 0) is 38.8 Å². The molecule has 0 aliphatic carbocycles. The minimum absolute atomic E-state index is 0.366. The monoisotopic (exact) mass is 277 g/mol. The zero-order valence-corrected chi connectivity index (χ0v) is 12.5. The number of benzene rings is 1. The van der Waals surface area contributed by atoms with Crippen molar-refractivity contribution >= 4 is 5.97 Å². The summed E-state index contributed by atoms with van der Waals surface area (Å²) in [6.07, 6.45) is 2.80. The normalized spacial score (nSPS) is 19.9. The van der Waals surface area contributed by atoms with Gasteiger partial charge in [-0.25, -0.2) is 0 Å². The Hall–Kier alpha value is -1.55. The van der Waals surface area contributed by atoms with Crippen molar-refractivity contribution in [2.75, 3.05) is 13.7 Å². The molecule has 20 heavy (non-hydrogen) atoms. The van der Waals surface area contributed by atoms with E-state index in [9.17, 15) is 9.90 Å². The van der Waals surface area contributed by atoms with Crippen molar-refractivity contribution < 1.29 is 14.6 Å². The Morgan fingerprint density at radius 1 is 1.40 bits per heavy atom. The molecule has 0 radical (unpaired) electrons. The summed E-state index contributed by atoms with van der Waals surface area (Å²) in [4.78, 5) is 13.4. The lowest BCUT2D eigenvalue weighted by Gasteiger charge is -2.33. The van der Waals surface area contributed by atoms with Crippen LogP contribution in [0.2, 0.25) is 0 Å². The summed E-state index contributed by atoms with van der Waals surface area (Å²) < 4.78 is 5.49. The molecule has 1 aliphatic rings. The first-order valence-corrected chi connectivity index (χ1v) is 7.14. The Labute approximate surface area is 120 Å². The molecule has 2 rings (SSSR count). The minimum Gasteiger partial charge on any atom is -0.496 e. The first-order valence-electron chi connectivity index (χ1n) is 7.14. The number of ether oxygens (including phenoxy) is 1. The molecule has 1 aromatic rings. The summed E-state index contributed by atoms with van der Waals surface area (Å²) in [5, 5.41) is 9.35. The van der Waals surface area contributed by atoms with Crippen molar-refractivity contribution in [2.24, 2.45) is 0 Å². The maximum absolute atomic E-state index is 11.4. The summed E-state index contributed by atoms with van der Waals surface area (Å²) in [5.41, 5.74) is 3.37. The van der Waals surface area contributed by atoms with E-state index in [2.05, 4.69) is 24.0 Å². The number of nitrogens with zero attached hydrogens (tertiary/aromatic N) is 1. The predicted octanol–water partition coefficient (Wildman–Crippen LogP) is 2.75. The van der Waals surface area contributed by atoms with Crippen LogP contribution >= 0.6 is 0 Å². The zero-order valence-electron chi connectivity index (χ0n) is 12.5. The average Bonchev–Trinajstić information content (AvgIpc) is 2.38. The van der Waals surface area contributed by atoms with E-state index in [0.29, 0.717) is 6.54 Å². The van der Waals surface area contributed by atoms with Gasteiger partial charge in [-0.15, -0.1) is 0 Å². The molecule has 0 amide bonds. The van der Waals surface area contributed by atoms with E-state index in [1.165, 1.54) is 5.56 Å². The van der Waals surface area contributed by atoms with Gasteiger partial charge in [0.1, 0.15) is 11.8 Å². The quantitative estimate of drug-likeness (QED) is 0.919. The van der Waals surface area contributed by atoms with E-state index in [-0.39, 0.29) is 6.04 Å². The van der Waals surface area contributed by atoms with Gasteiger partial charge in [0.2, 0.25) is 0 Å². The van der Waals surface area contributed by atoms with Crippen LogP contribution in [0.5, 0.6) is 5.75 Å². The Morgan fingerprint density at radius 3 is 2.80 bits per heavy atom. The summed E-state index contributed by atoms with van der Waals surface area (Å²) in [7, 11) is 1.67. The molecular weight excluding hydrogens is 254 g/mol. The van der Waals surface area contributed by atoms with Crippen LogP contribution in [0.3, 0.4) is 0 Å². The van der Waals surface area contributed by atoms with Crippen LogP contribution < -0.4 is 4.74 Å². The number of carbonyl (C=O) groups is 1. The van der Waals surface area contributed by atoms with E-state index < -0.39 is 5.97 Å². The summed E-state index contributed by atoms with van der Waals surface area (Å²) in [5.74, 6) is 0.165. The van der Waals surface area contributed by atoms with Gasteiger partial charge < -0.3 is 9.84 Å². The van der Waals surface area contributed by atoms with Gasteiger partial charge in [-0.1, -0.05) is 24.1 Å². The van der Waals surface area contributed by atoms with Gasteiger partial charge in [0.05, 0.1) is 7.11 Å². The standard InChI is InChI=1S/C16H23NO3/c1-11-8-12(2)15(20-3)13(9-11)10-17-7-5-4-6-14(17)16(18)19/h8-9,14H,4-7,10H2,1-3H3,(H,18,19). The largest absolute Gasteiger partial charge is 0.496 e. The Bertz CT molecular complexity index is 499. The molecule has 1 heterocycles. The Morgan fingerprint density at radius 2 is 2.15 bits per heavy atom. The molecule has 1 aliphatic heterocycles. The maximum atomic E-state index is 11.4. The maximum Gasteiger partial charge on any atom is 0.320 e. The third kappa shape index (κ3) is 3.12. The molecule has 1 saturated heterocycles. The zero-order chi connectivity index (χ0) is 14.7. The predicted molar refractivity (Wildman–Crippen MR) is 78.2 cm³/mol. The molecule has 1 fully saturated rings. The number of aliphatic carboxylic acids is 1. The lowest BCUT2D eigenvalue weighted by molar-refractivity contribution is -0.144. The molecule has 1 N–H and O–H groups in total. The van der Waals surface area contributed by atoms with Crippen LogP contribution in [0.25, 0.3) is 0 Å². The molecule has 1 atom stereocenters. The second kappa shape index (κ2) is 6.27. The van der Waals surface area contributed by atoms with Crippen molar-refractivity contribution in [2.45, 2.75) is 45.7 Å². The second-order valence-corrected chi connectivity index (χ2v) is 5.59. The third-order valence-corrected chi connectivity index (χ3v) is 3.97. The van der Waals surface area contributed by atoms with Crippen molar-refractivity contribution in [1.82, 2.24) is 4.90 Å². The van der Waals surface area contributed by atoms with Gasteiger partial charge in [0.15, 0.2) is 0 Å². The third-order valence-electron chi connectivity index (χ3n) is 3.97. The second-order valence-electron chi connectivity index (χ2n) is 5.59. The van der Waals surface area contributed by atoms with Crippen molar-refractivity contribution in [1.29, 1.82) is 0 Å². The minimum atomic E-state index is -0.715. The first kappa shape index (κ1) is 14.9. The number of methoxy groups -OCH3 is 1. The van der Waals surface area contributed by atoms with Crippen LogP contribution in [-0.2, 0) is 11.3 Å². The van der Waals surface area contributed by atoms with Crippen molar-refractivity contribution in [3.8, 4) is 5.75 Å². The lowest BCUT2D eigenvalue weighted by atomic mass is 9.99. The first-order chi connectivity index (χ1) is 9.52. The molecule has 0 spiro atoms. The number of carboxylic acids is 1. The fourth-order valence-corrected chi connectivity index (χ4v) is 3.13. The number of rotatable bonds is 4. The van der Waals surface area contributed by atoms with Gasteiger partial charge >= 0.3 is 5.97 Å². The molecule has 110 valence electrons. The summed E-state index contributed by atoms with van der Waals surface area (Å²) in [6, 6.07) is 3.82. The highest BCUT2D eigenvalue weighted by Gasteiger charge is 2.29. The molecule has 1 unspecified atom stereocenters. The smallest absolute Gasteiger partial charge is 0.320 e. The molecule has 1 aromatic carbocycles. The summed E-state index contributed by atoms with van der Waals surface area (Å²) in [6.45, 7) is 5.57. The van der Waals surface area contributed by atoms with Crippen molar-refractivity contribution in [3.63, 3.8) is 0 Å². The molecular formula is C16H23NO3. The fraction of sp³-hybridized carbons (Fsp3) is 0.562. The lowest BCUT2D eigenvalue weighted by Crippen LogP contribution is -2.44. The topological polar surface area (TPSA) is 49.8 Å². The summed E-state index contributed by atoms with van der Waals surface area (Å²) >= 11 is 0. The number of aryl methyl sites for hydroxylation is 2. The van der Waals surface area contributed by atoms with Crippen LogP contribution in [0, 0.1) is 13.8 Å². The van der Waals surface area contributed by atoms with Crippen LogP contribution in [0.1, 0.15) is 36.0 Å². The molecule has 0 bridgehead atoms. The molecule has 0 aromatic heterocycles. The van der Waals surface area contributed by atoms with Crippen LogP contribution in [-0.4, -0.2) is 35.7 Å². The number of carboxylic acid groups (broad SMARTS) is 1. The van der Waals surface area contributed by atoms with E-state index in [1.807, 2.05) is 6.92 Å². The number of hydrogen-bond donors (Lipinski definition) is 1. The van der Waals surface area contributed by atoms with E-state index in [4.69, 9.17) is 4.74 Å². The number of likely N-dealkylation sites (tertiary alicyclic amines) is 1. The fourth-order valence-electron chi connectivity index (χ4n) is 3.13. The average molecular weight is 277 g/mol. The highest BCUT2D eigenvalue weighted by atomic mass is 16.5. The van der Waals surface area contributed by atoms with Crippen LogP contribution in [0.4, 0.5) is 0 Å². The Kier molecular flexibility index (Phi) is 4.65. The Balaban J connectivity index is 2.26. The number of hydrogen-bond acceptors (Lipinski definition) is 3. The number of piperidine rings is 1. The molecule has 0 saturated carbocycles. The van der Waals surface area contributed by atoms with E-state index >= 15 is 0 Å². The van der Waals surface area contributed by atoms with E-state index in [1.54, 1.807) is 7.11 Å². The highest BCUT2D eigenvalue weighted by molar-refractivity contribution is 5.73. The van der Waals surface area contributed by atoms with Gasteiger partial charge in [-0.3, -0.25) is 9.69 Å². The highest BCUT2D eigenvalue weighted by Crippen LogP contribution is 2.28. The van der Waals surface area contributed by atoms with Crippen molar-refractivity contribution in [3.05, 3.63) is 28.8 Å². The SMILES string of the molecule is COc1c(C)cc(C)cc1CN1CCCCC1C(=O)O. The van der Waals surface area contributed by atoms with Gasteiger partial charge in [0, 0.05) is 12.1 Å². The molecule has 4 nitrogen and oxygen atoms in total. The van der Waals surface area contributed by atoms with Gasteiger partial charge in [0.25, 0.3) is 0 Å². The molecule has 4 heteroatoms. The van der Waals surface area contributed by atoms with E-state index in [0.717, 1.165) is 42.7 Å².